The van der Waals surface area contributed by atoms with Crippen molar-refractivity contribution >= 4 is 11.8 Å². The van der Waals surface area contributed by atoms with E-state index in [4.69, 9.17) is 9.73 Å². The summed E-state index contributed by atoms with van der Waals surface area (Å²) in [7, 11) is 0. The molecule has 0 spiro atoms. The smallest absolute Gasteiger partial charge is 0.191 e. The van der Waals surface area contributed by atoms with Crippen molar-refractivity contribution in [1.29, 1.82) is 0 Å². The minimum Gasteiger partial charge on any atom is -0.375 e. The van der Waals surface area contributed by atoms with Gasteiger partial charge in [0.05, 0.1) is 25.8 Å². The Morgan fingerprint density at radius 1 is 1.15 bits per heavy atom. The number of nitrogens with zero attached hydrogens (tertiary/aromatic N) is 5. The first-order valence-corrected chi connectivity index (χ1v) is 11.6. The summed E-state index contributed by atoms with van der Waals surface area (Å²) in [6.07, 6.45) is 5.94. The van der Waals surface area contributed by atoms with E-state index in [0.29, 0.717) is 13.1 Å². The quantitative estimate of drug-likeness (QED) is 0.408. The summed E-state index contributed by atoms with van der Waals surface area (Å²) in [5, 5.41) is 11.1. The number of pyridine rings is 1. The molecule has 0 bridgehead atoms. The van der Waals surface area contributed by atoms with E-state index in [0.717, 1.165) is 50.1 Å². The maximum absolute atomic E-state index is 5.62. The van der Waals surface area contributed by atoms with Gasteiger partial charge in [0.25, 0.3) is 0 Å². The molecule has 0 aliphatic carbocycles. The minimum absolute atomic E-state index is 0.239. The van der Waals surface area contributed by atoms with Crippen molar-refractivity contribution in [1.82, 2.24) is 25.4 Å². The largest absolute Gasteiger partial charge is 0.375 e. The van der Waals surface area contributed by atoms with Gasteiger partial charge in [-0.05, 0) is 42.7 Å². The van der Waals surface area contributed by atoms with Gasteiger partial charge in [-0.1, -0.05) is 30.3 Å². The van der Waals surface area contributed by atoms with Crippen LogP contribution >= 0.6 is 0 Å². The van der Waals surface area contributed by atoms with Gasteiger partial charge in [0, 0.05) is 44.8 Å². The molecule has 2 N–H and O–H groups in total. The van der Waals surface area contributed by atoms with Gasteiger partial charge in [-0.3, -0.25) is 4.68 Å². The Bertz CT molecular complexity index is 1020. The van der Waals surface area contributed by atoms with Gasteiger partial charge in [0.2, 0.25) is 0 Å². The van der Waals surface area contributed by atoms with Crippen molar-refractivity contribution in [3.63, 3.8) is 0 Å². The first-order chi connectivity index (χ1) is 16.2. The van der Waals surface area contributed by atoms with Crippen LogP contribution in [0.5, 0.6) is 0 Å². The lowest BCUT2D eigenvalue weighted by Crippen LogP contribution is -2.41. The maximum atomic E-state index is 5.62. The zero-order valence-electron chi connectivity index (χ0n) is 19.4. The molecule has 1 aliphatic heterocycles. The van der Waals surface area contributed by atoms with E-state index in [1.54, 1.807) is 6.20 Å². The molecule has 1 aliphatic rings. The average Bonchev–Trinajstić information content (AvgIpc) is 3.35. The van der Waals surface area contributed by atoms with Crippen molar-refractivity contribution in [3.8, 4) is 0 Å². The average molecular weight is 448 g/mol. The van der Waals surface area contributed by atoms with Gasteiger partial charge in [-0.2, -0.15) is 5.10 Å². The summed E-state index contributed by atoms with van der Waals surface area (Å²) >= 11 is 0. The second-order valence-corrected chi connectivity index (χ2v) is 8.17. The molecule has 1 aromatic carbocycles. The number of morpholine rings is 1. The molecular weight excluding hydrogens is 414 g/mol. The van der Waals surface area contributed by atoms with E-state index in [9.17, 15) is 0 Å². The second kappa shape index (κ2) is 11.5. The van der Waals surface area contributed by atoms with Crippen molar-refractivity contribution in [3.05, 3.63) is 77.7 Å². The topological polar surface area (TPSA) is 79.6 Å². The third-order valence-corrected chi connectivity index (χ3v) is 5.59. The summed E-state index contributed by atoms with van der Waals surface area (Å²) in [5.41, 5.74) is 3.54. The van der Waals surface area contributed by atoms with E-state index in [1.807, 2.05) is 23.1 Å². The predicted octanol–water partition coefficient (Wildman–Crippen LogP) is 2.81. The number of rotatable bonds is 8. The van der Waals surface area contributed by atoms with Crippen LogP contribution in [0.15, 0.2) is 66.0 Å². The molecular formula is C25H33N7O. The molecule has 0 radical (unpaired) electrons. The summed E-state index contributed by atoms with van der Waals surface area (Å²) in [4.78, 5) is 11.7. The van der Waals surface area contributed by atoms with Gasteiger partial charge < -0.3 is 20.3 Å². The molecule has 3 heterocycles. The van der Waals surface area contributed by atoms with Gasteiger partial charge in [-0.15, -0.1) is 0 Å². The monoisotopic (exact) mass is 447 g/mol. The standard InChI is InChI=1S/C25H33N7O/c1-3-26-25(29-17-22-7-4-5-8-23(22)19-32-12-6-11-30-32)28-16-21-9-10-24(27-15-21)31-13-14-33-20(2)18-31/h4-12,15,20H,3,13-14,16-19H2,1-2H3,(H2,26,28,29). The van der Waals surface area contributed by atoms with Gasteiger partial charge in [0.1, 0.15) is 5.82 Å². The summed E-state index contributed by atoms with van der Waals surface area (Å²) in [6.45, 7) is 9.48. The van der Waals surface area contributed by atoms with Crippen LogP contribution in [-0.4, -0.2) is 53.1 Å². The SMILES string of the molecule is CCNC(=NCc1ccc(N2CCOC(C)C2)nc1)NCc1ccccc1Cn1cccn1. The third-order valence-electron chi connectivity index (χ3n) is 5.59. The van der Waals surface area contributed by atoms with Gasteiger partial charge in [-0.25, -0.2) is 9.98 Å². The fourth-order valence-corrected chi connectivity index (χ4v) is 3.87. The number of guanidine groups is 1. The lowest BCUT2D eigenvalue weighted by Gasteiger charge is -2.32. The van der Waals surface area contributed by atoms with Crippen LogP contribution in [0.4, 0.5) is 5.82 Å². The highest BCUT2D eigenvalue weighted by atomic mass is 16.5. The Kier molecular flexibility index (Phi) is 7.92. The Balaban J connectivity index is 1.36. The fraction of sp³-hybridized carbons (Fsp3) is 0.400. The maximum Gasteiger partial charge on any atom is 0.191 e. The highest BCUT2D eigenvalue weighted by Gasteiger charge is 2.17. The van der Waals surface area contributed by atoms with Crippen molar-refractivity contribution in [2.45, 2.75) is 39.6 Å². The number of hydrogen-bond acceptors (Lipinski definition) is 5. The van der Waals surface area contributed by atoms with E-state index in [2.05, 4.69) is 75.9 Å². The molecule has 0 amide bonds. The lowest BCUT2D eigenvalue weighted by atomic mass is 10.1. The normalized spacial score (nSPS) is 16.6. The van der Waals surface area contributed by atoms with Gasteiger partial charge >= 0.3 is 0 Å². The number of aromatic nitrogens is 3. The molecule has 4 rings (SSSR count). The Morgan fingerprint density at radius 2 is 2.03 bits per heavy atom. The zero-order valence-corrected chi connectivity index (χ0v) is 19.4. The summed E-state index contributed by atoms with van der Waals surface area (Å²) in [5.74, 6) is 1.79. The second-order valence-electron chi connectivity index (χ2n) is 8.17. The number of ether oxygens (including phenoxy) is 1. The third kappa shape index (κ3) is 6.55. The number of aliphatic imine (C=N–C) groups is 1. The first kappa shape index (κ1) is 22.8. The molecule has 1 atom stereocenters. The van der Waals surface area contributed by atoms with Crippen LogP contribution in [0, 0.1) is 0 Å². The van der Waals surface area contributed by atoms with Crippen molar-refractivity contribution in [2.24, 2.45) is 4.99 Å². The van der Waals surface area contributed by atoms with E-state index in [-0.39, 0.29) is 6.10 Å². The molecule has 8 nitrogen and oxygen atoms in total. The molecule has 33 heavy (non-hydrogen) atoms. The van der Waals surface area contributed by atoms with Crippen LogP contribution in [0.3, 0.4) is 0 Å². The van der Waals surface area contributed by atoms with Crippen LogP contribution in [0.2, 0.25) is 0 Å². The molecule has 1 fully saturated rings. The van der Waals surface area contributed by atoms with E-state index in [1.165, 1.54) is 11.1 Å². The molecule has 8 heteroatoms. The zero-order chi connectivity index (χ0) is 22.9. The summed E-state index contributed by atoms with van der Waals surface area (Å²) in [6, 6.07) is 14.5. The Hall–Kier alpha value is -3.39. The number of nitrogens with one attached hydrogen (secondary N) is 2. The molecule has 3 aromatic rings. The van der Waals surface area contributed by atoms with Crippen LogP contribution < -0.4 is 15.5 Å². The molecule has 0 saturated carbocycles. The van der Waals surface area contributed by atoms with Crippen molar-refractivity contribution in [2.75, 3.05) is 31.1 Å². The lowest BCUT2D eigenvalue weighted by molar-refractivity contribution is 0.0529. The van der Waals surface area contributed by atoms with E-state index >= 15 is 0 Å². The van der Waals surface area contributed by atoms with Crippen molar-refractivity contribution < 1.29 is 4.74 Å². The fourth-order valence-electron chi connectivity index (χ4n) is 3.87. The van der Waals surface area contributed by atoms with Crippen LogP contribution in [-0.2, 0) is 24.4 Å². The number of benzene rings is 1. The van der Waals surface area contributed by atoms with Gasteiger partial charge in [0.15, 0.2) is 5.96 Å². The Morgan fingerprint density at radius 3 is 2.76 bits per heavy atom. The molecule has 1 unspecified atom stereocenters. The first-order valence-electron chi connectivity index (χ1n) is 11.6. The van der Waals surface area contributed by atoms with Crippen LogP contribution in [0.25, 0.3) is 0 Å². The number of hydrogen-bond donors (Lipinski definition) is 2. The summed E-state index contributed by atoms with van der Waals surface area (Å²) < 4.78 is 7.56. The number of anilines is 1. The molecule has 2 aromatic heterocycles. The molecule has 1 saturated heterocycles. The predicted molar refractivity (Wildman–Crippen MR) is 131 cm³/mol. The highest BCUT2D eigenvalue weighted by molar-refractivity contribution is 5.79. The van der Waals surface area contributed by atoms with Crippen LogP contribution in [0.1, 0.15) is 30.5 Å². The van der Waals surface area contributed by atoms with E-state index < -0.39 is 0 Å². The Labute approximate surface area is 195 Å². The molecule has 174 valence electrons. The minimum atomic E-state index is 0.239. The highest BCUT2D eigenvalue weighted by Crippen LogP contribution is 2.16.